The lowest BCUT2D eigenvalue weighted by atomic mass is 10.2. The van der Waals surface area contributed by atoms with Crippen molar-refractivity contribution in [2.24, 2.45) is 0 Å². The van der Waals surface area contributed by atoms with Crippen LogP contribution in [-0.4, -0.2) is 22.9 Å². The van der Waals surface area contributed by atoms with Crippen LogP contribution in [0.3, 0.4) is 0 Å². The molecule has 0 bridgehead atoms. The minimum absolute atomic E-state index is 0.0148. The largest absolute Gasteiger partial charge is 0.448 e. The number of amides is 1. The maximum atomic E-state index is 13.2. The second kappa shape index (κ2) is 7.69. The molecule has 1 aromatic heterocycles. The first-order valence-corrected chi connectivity index (χ1v) is 8.71. The summed E-state index contributed by atoms with van der Waals surface area (Å²) in [5.74, 6) is -3.68. The molecule has 28 heavy (non-hydrogen) atoms. The van der Waals surface area contributed by atoms with E-state index < -0.39 is 34.5 Å². The van der Waals surface area contributed by atoms with E-state index >= 15 is 0 Å². The van der Waals surface area contributed by atoms with Crippen LogP contribution in [-0.2, 0) is 9.53 Å². The van der Waals surface area contributed by atoms with Gasteiger partial charge in [0.25, 0.3) is 11.6 Å². The number of hydrogen-bond donors (Lipinski definition) is 1. The van der Waals surface area contributed by atoms with Crippen molar-refractivity contribution in [3.05, 3.63) is 69.1 Å². The number of nitrogens with zero attached hydrogens (tertiary/aromatic N) is 1. The van der Waals surface area contributed by atoms with Crippen molar-refractivity contribution in [1.82, 2.24) is 0 Å². The average Bonchev–Trinajstić information content (AvgIpc) is 3.08. The maximum absolute atomic E-state index is 13.2. The van der Waals surface area contributed by atoms with Gasteiger partial charge in [-0.05, 0) is 31.2 Å². The van der Waals surface area contributed by atoms with Gasteiger partial charge in [-0.3, -0.25) is 14.9 Å². The lowest BCUT2D eigenvalue weighted by molar-refractivity contribution is -0.384. The molecule has 0 unspecified atom stereocenters. The lowest BCUT2D eigenvalue weighted by Crippen LogP contribution is -2.29. The van der Waals surface area contributed by atoms with E-state index in [1.165, 1.54) is 37.3 Å². The van der Waals surface area contributed by atoms with Gasteiger partial charge in [0.2, 0.25) is 0 Å². The van der Waals surface area contributed by atoms with E-state index in [-0.39, 0.29) is 16.3 Å². The highest BCUT2D eigenvalue weighted by atomic mass is 32.1. The van der Waals surface area contributed by atoms with Gasteiger partial charge in [0.1, 0.15) is 4.88 Å². The van der Waals surface area contributed by atoms with Gasteiger partial charge in [0, 0.05) is 34.0 Å². The fourth-order valence-corrected chi connectivity index (χ4v) is 3.26. The Morgan fingerprint density at radius 3 is 2.57 bits per heavy atom. The van der Waals surface area contributed by atoms with E-state index in [0.29, 0.717) is 10.1 Å². The normalized spacial score (nSPS) is 11.8. The highest BCUT2D eigenvalue weighted by Gasteiger charge is 2.21. The van der Waals surface area contributed by atoms with E-state index in [1.54, 1.807) is 0 Å². The Labute approximate surface area is 160 Å². The van der Waals surface area contributed by atoms with E-state index in [0.717, 1.165) is 23.5 Å². The number of thiophene rings is 1. The van der Waals surface area contributed by atoms with Crippen LogP contribution >= 0.6 is 11.3 Å². The topological polar surface area (TPSA) is 98.5 Å². The van der Waals surface area contributed by atoms with Crippen LogP contribution in [0.15, 0.2) is 42.5 Å². The Morgan fingerprint density at radius 2 is 1.89 bits per heavy atom. The number of nitro groups is 1. The second-order valence-electron chi connectivity index (χ2n) is 5.76. The minimum atomic E-state index is -1.21. The van der Waals surface area contributed by atoms with Crippen molar-refractivity contribution >= 4 is 44.7 Å². The van der Waals surface area contributed by atoms with Crippen LogP contribution in [0.25, 0.3) is 10.1 Å². The molecule has 0 radical (unpaired) electrons. The van der Waals surface area contributed by atoms with E-state index in [1.807, 2.05) is 0 Å². The number of anilines is 1. The van der Waals surface area contributed by atoms with Crippen LogP contribution in [0.4, 0.5) is 20.2 Å². The number of benzene rings is 2. The number of esters is 1. The molecular weight excluding hydrogens is 394 g/mol. The summed E-state index contributed by atoms with van der Waals surface area (Å²) in [6.07, 6.45) is -1.21. The SMILES string of the molecule is C[C@H](OC(=O)c1cc2cc([N+](=O)[O-])ccc2s1)C(=O)Nc1ccc(F)c(F)c1. The molecule has 0 aliphatic heterocycles. The zero-order chi connectivity index (χ0) is 20.4. The number of carbonyl (C=O) groups is 2. The first-order chi connectivity index (χ1) is 13.2. The molecule has 0 aliphatic rings. The highest BCUT2D eigenvalue weighted by Crippen LogP contribution is 2.29. The number of ether oxygens (including phenoxy) is 1. The Morgan fingerprint density at radius 1 is 1.14 bits per heavy atom. The van der Waals surface area contributed by atoms with Gasteiger partial charge in [0.05, 0.1) is 4.92 Å². The molecule has 0 saturated heterocycles. The van der Waals surface area contributed by atoms with Crippen LogP contribution < -0.4 is 5.32 Å². The monoisotopic (exact) mass is 406 g/mol. The Balaban J connectivity index is 1.69. The summed E-state index contributed by atoms with van der Waals surface area (Å²) in [5, 5.41) is 13.6. The van der Waals surface area contributed by atoms with Crippen molar-refractivity contribution in [3.63, 3.8) is 0 Å². The van der Waals surface area contributed by atoms with Crippen molar-refractivity contribution in [3.8, 4) is 0 Å². The first-order valence-electron chi connectivity index (χ1n) is 7.89. The quantitative estimate of drug-likeness (QED) is 0.388. The van der Waals surface area contributed by atoms with Crippen molar-refractivity contribution in [2.75, 3.05) is 5.32 Å². The summed E-state index contributed by atoms with van der Waals surface area (Å²) in [6, 6.07) is 8.46. The summed E-state index contributed by atoms with van der Waals surface area (Å²) in [7, 11) is 0. The number of nitro benzene ring substituents is 1. The summed E-state index contributed by atoms with van der Waals surface area (Å²) in [5.41, 5.74) is -0.0922. The zero-order valence-corrected chi connectivity index (χ0v) is 15.1. The van der Waals surface area contributed by atoms with Gasteiger partial charge >= 0.3 is 5.97 Å². The third-order valence-electron chi connectivity index (χ3n) is 3.75. The molecule has 3 aromatic rings. The predicted octanol–water partition coefficient (Wildman–Crippen LogP) is 4.27. The molecule has 1 N–H and O–H groups in total. The van der Waals surface area contributed by atoms with E-state index in [4.69, 9.17) is 4.74 Å². The van der Waals surface area contributed by atoms with E-state index in [2.05, 4.69) is 5.32 Å². The molecular formula is C18H12F2N2O5S. The van der Waals surface area contributed by atoms with Crippen molar-refractivity contribution < 1.29 is 28.0 Å². The van der Waals surface area contributed by atoms with Gasteiger partial charge in [0.15, 0.2) is 17.7 Å². The Bertz CT molecular complexity index is 1100. The standard InChI is InChI=1S/C18H12F2N2O5S/c1-9(17(23)21-11-2-4-13(19)14(20)8-11)27-18(24)16-7-10-6-12(22(25)26)3-5-15(10)28-16/h2-9H,1H3,(H,21,23)/t9-/m0/s1. The molecule has 7 nitrogen and oxygen atoms in total. The van der Waals surface area contributed by atoms with Crippen LogP contribution in [0.1, 0.15) is 16.6 Å². The summed E-state index contributed by atoms with van der Waals surface area (Å²) in [6.45, 7) is 1.32. The Kier molecular flexibility index (Phi) is 5.32. The third kappa shape index (κ3) is 4.12. The third-order valence-corrected chi connectivity index (χ3v) is 4.85. The van der Waals surface area contributed by atoms with Gasteiger partial charge in [-0.15, -0.1) is 11.3 Å². The van der Waals surface area contributed by atoms with E-state index in [9.17, 15) is 28.5 Å². The molecule has 1 amide bonds. The van der Waals surface area contributed by atoms with Crippen LogP contribution in [0.5, 0.6) is 0 Å². The summed E-state index contributed by atoms with van der Waals surface area (Å²) < 4.78 is 31.8. The zero-order valence-electron chi connectivity index (χ0n) is 14.3. The molecule has 1 heterocycles. The number of carbonyl (C=O) groups excluding carboxylic acids is 2. The molecule has 1 atom stereocenters. The lowest BCUT2D eigenvalue weighted by Gasteiger charge is -2.13. The number of rotatable bonds is 5. The molecule has 10 heteroatoms. The average molecular weight is 406 g/mol. The summed E-state index contributed by atoms with van der Waals surface area (Å²) >= 11 is 1.07. The first kappa shape index (κ1) is 19.4. The molecule has 2 aromatic carbocycles. The summed E-state index contributed by atoms with van der Waals surface area (Å²) in [4.78, 5) is 34.8. The number of halogens is 2. The fourth-order valence-electron chi connectivity index (χ4n) is 2.33. The molecule has 144 valence electrons. The van der Waals surface area contributed by atoms with Gasteiger partial charge in [-0.2, -0.15) is 0 Å². The van der Waals surface area contributed by atoms with Crippen LogP contribution in [0, 0.1) is 21.7 Å². The molecule has 0 fully saturated rings. The smallest absolute Gasteiger partial charge is 0.349 e. The van der Waals surface area contributed by atoms with Gasteiger partial charge in [-0.1, -0.05) is 0 Å². The minimum Gasteiger partial charge on any atom is -0.448 e. The number of non-ortho nitro benzene ring substituents is 1. The molecule has 0 aliphatic carbocycles. The van der Waals surface area contributed by atoms with Crippen LogP contribution in [0.2, 0.25) is 0 Å². The molecule has 3 rings (SSSR count). The van der Waals surface area contributed by atoms with Gasteiger partial charge < -0.3 is 10.1 Å². The number of hydrogen-bond acceptors (Lipinski definition) is 6. The molecule has 0 spiro atoms. The van der Waals surface area contributed by atoms with Crippen molar-refractivity contribution in [1.29, 1.82) is 0 Å². The second-order valence-corrected chi connectivity index (χ2v) is 6.84. The number of nitrogens with one attached hydrogen (secondary N) is 1. The maximum Gasteiger partial charge on any atom is 0.349 e. The fraction of sp³-hybridized carbons (Fsp3) is 0.111. The predicted molar refractivity (Wildman–Crippen MR) is 98.3 cm³/mol. The molecule has 0 saturated carbocycles. The van der Waals surface area contributed by atoms with Gasteiger partial charge in [-0.25, -0.2) is 13.6 Å². The number of fused-ring (bicyclic) bond motifs is 1. The van der Waals surface area contributed by atoms with Crippen molar-refractivity contribution in [2.45, 2.75) is 13.0 Å². The highest BCUT2D eigenvalue weighted by molar-refractivity contribution is 7.20. The Hall–Kier alpha value is -3.40.